The van der Waals surface area contributed by atoms with Crippen molar-refractivity contribution in [1.29, 1.82) is 0 Å². The van der Waals surface area contributed by atoms with E-state index in [9.17, 15) is 4.79 Å². The summed E-state index contributed by atoms with van der Waals surface area (Å²) in [4.78, 5) is 13.6. The van der Waals surface area contributed by atoms with Crippen LogP contribution >= 0.6 is 0 Å². The van der Waals surface area contributed by atoms with Gasteiger partial charge in [-0.1, -0.05) is 129 Å². The first-order valence-corrected chi connectivity index (χ1v) is 14.1. The van der Waals surface area contributed by atoms with Gasteiger partial charge in [0.25, 0.3) is 0 Å². The van der Waals surface area contributed by atoms with Gasteiger partial charge < -0.3 is 0 Å². The van der Waals surface area contributed by atoms with Crippen molar-refractivity contribution >= 4 is 5.78 Å². The van der Waals surface area contributed by atoms with Crippen molar-refractivity contribution in [1.82, 2.24) is 0 Å². The third-order valence-corrected chi connectivity index (χ3v) is 8.46. The number of carbonyl (C=O) groups excluding carboxylic acids is 1. The van der Waals surface area contributed by atoms with E-state index in [0.717, 1.165) is 44.5 Å². The summed E-state index contributed by atoms with van der Waals surface area (Å²) in [5.74, 6) is 0.107. The molecular formula is C40H30O. The molecule has 196 valence electrons. The molecule has 0 amide bonds. The molecule has 7 rings (SSSR count). The van der Waals surface area contributed by atoms with Gasteiger partial charge in [-0.15, -0.1) is 0 Å². The summed E-state index contributed by atoms with van der Waals surface area (Å²) in [6.45, 7) is 4.42. The Balaban J connectivity index is 1.33. The number of benzene rings is 6. The maximum absolute atomic E-state index is 13.6. The molecule has 0 spiro atoms. The molecule has 0 atom stereocenters. The highest BCUT2D eigenvalue weighted by molar-refractivity contribution is 6.13. The van der Waals surface area contributed by atoms with Crippen molar-refractivity contribution in [3.8, 4) is 44.5 Å². The second kappa shape index (κ2) is 9.87. The zero-order chi connectivity index (χ0) is 28.0. The lowest BCUT2D eigenvalue weighted by Crippen LogP contribution is -2.30. The summed E-state index contributed by atoms with van der Waals surface area (Å²) in [7, 11) is 0. The molecule has 0 aromatic heterocycles. The SMILES string of the molecule is CC1(C)c2ccccc2C(=O)c2cc(-c3cccc(-c4cc(-c5ccccc5)cc(-c5ccccc5)c4)c3)ccc21. The minimum atomic E-state index is -0.230. The Morgan fingerprint density at radius 3 is 1.44 bits per heavy atom. The van der Waals surface area contributed by atoms with Crippen LogP contribution in [0.2, 0.25) is 0 Å². The molecule has 0 aliphatic heterocycles. The molecule has 0 saturated heterocycles. The molecule has 41 heavy (non-hydrogen) atoms. The summed E-state index contributed by atoms with van der Waals surface area (Å²) in [5.41, 5.74) is 12.8. The maximum Gasteiger partial charge on any atom is 0.193 e. The first-order chi connectivity index (χ1) is 20.0. The molecular weight excluding hydrogens is 496 g/mol. The van der Waals surface area contributed by atoms with Crippen molar-refractivity contribution < 1.29 is 4.79 Å². The molecule has 1 aliphatic carbocycles. The Morgan fingerprint density at radius 2 is 0.805 bits per heavy atom. The molecule has 0 heterocycles. The Bertz CT molecular complexity index is 1850. The van der Waals surface area contributed by atoms with Gasteiger partial charge in [0.05, 0.1) is 0 Å². The fraction of sp³-hybridized carbons (Fsp3) is 0.0750. The lowest BCUT2D eigenvalue weighted by atomic mass is 9.68. The lowest BCUT2D eigenvalue weighted by molar-refractivity contribution is 0.103. The Morgan fingerprint density at radius 1 is 0.366 bits per heavy atom. The molecule has 0 unspecified atom stereocenters. The lowest BCUT2D eigenvalue weighted by Gasteiger charge is -2.34. The molecule has 0 saturated carbocycles. The second-order valence-corrected chi connectivity index (χ2v) is 11.4. The van der Waals surface area contributed by atoms with Gasteiger partial charge in [0.2, 0.25) is 0 Å². The zero-order valence-electron chi connectivity index (χ0n) is 23.3. The van der Waals surface area contributed by atoms with Crippen LogP contribution in [0, 0.1) is 0 Å². The first kappa shape index (κ1) is 25.0. The minimum absolute atomic E-state index is 0.107. The monoisotopic (exact) mass is 526 g/mol. The minimum Gasteiger partial charge on any atom is -0.289 e. The molecule has 6 aromatic rings. The van der Waals surface area contributed by atoms with E-state index >= 15 is 0 Å². The van der Waals surface area contributed by atoms with E-state index in [4.69, 9.17) is 0 Å². The van der Waals surface area contributed by atoms with Crippen LogP contribution in [0.5, 0.6) is 0 Å². The van der Waals surface area contributed by atoms with Crippen LogP contribution in [0.15, 0.2) is 146 Å². The summed E-state index contributed by atoms with van der Waals surface area (Å²) in [5, 5.41) is 0. The molecule has 0 radical (unpaired) electrons. The van der Waals surface area contributed by atoms with Gasteiger partial charge in [-0.3, -0.25) is 4.79 Å². The van der Waals surface area contributed by atoms with E-state index in [1.54, 1.807) is 0 Å². The van der Waals surface area contributed by atoms with Crippen molar-refractivity contribution in [3.05, 3.63) is 168 Å². The van der Waals surface area contributed by atoms with E-state index in [1.807, 2.05) is 18.2 Å². The van der Waals surface area contributed by atoms with E-state index < -0.39 is 0 Å². The van der Waals surface area contributed by atoms with Gasteiger partial charge >= 0.3 is 0 Å². The predicted octanol–water partition coefficient (Wildman–Crippen LogP) is 10.2. The Labute approximate surface area is 241 Å². The summed E-state index contributed by atoms with van der Waals surface area (Å²) < 4.78 is 0. The standard InChI is InChI=1S/C40H30O/c1-40(2)37-19-10-9-18-35(37)39(41)36-26-31(20-21-38(36)40)29-16-11-17-30(22-29)34-24-32(27-12-5-3-6-13-27)23-33(25-34)28-14-7-4-8-15-28/h3-26H,1-2H3. The van der Waals surface area contributed by atoms with Crippen molar-refractivity contribution in [2.75, 3.05) is 0 Å². The Hall–Kier alpha value is -5.01. The normalized spacial score (nSPS) is 13.4. The average Bonchev–Trinajstić information content (AvgIpc) is 3.04. The fourth-order valence-corrected chi connectivity index (χ4v) is 6.24. The van der Waals surface area contributed by atoms with Crippen LogP contribution in [0.25, 0.3) is 44.5 Å². The number of ketones is 1. The van der Waals surface area contributed by atoms with E-state index in [0.29, 0.717) is 0 Å². The summed E-state index contributed by atoms with van der Waals surface area (Å²) in [6.07, 6.45) is 0. The van der Waals surface area contributed by atoms with Crippen LogP contribution in [0.3, 0.4) is 0 Å². The van der Waals surface area contributed by atoms with Gasteiger partial charge in [-0.05, 0) is 86.0 Å². The maximum atomic E-state index is 13.6. The van der Waals surface area contributed by atoms with Crippen molar-refractivity contribution in [3.63, 3.8) is 0 Å². The van der Waals surface area contributed by atoms with E-state index in [2.05, 4.69) is 141 Å². The number of hydrogen-bond donors (Lipinski definition) is 0. The largest absolute Gasteiger partial charge is 0.289 e. The molecule has 0 bridgehead atoms. The van der Waals surface area contributed by atoms with Gasteiger partial charge in [0.15, 0.2) is 5.78 Å². The van der Waals surface area contributed by atoms with Gasteiger partial charge in [0.1, 0.15) is 0 Å². The van der Waals surface area contributed by atoms with Crippen LogP contribution in [0.1, 0.15) is 40.9 Å². The van der Waals surface area contributed by atoms with E-state index in [1.165, 1.54) is 22.3 Å². The topological polar surface area (TPSA) is 17.1 Å². The Kier molecular flexibility index (Phi) is 6.02. The number of carbonyl (C=O) groups is 1. The average molecular weight is 527 g/mol. The molecule has 6 aromatic carbocycles. The molecule has 1 heteroatoms. The molecule has 1 aliphatic rings. The van der Waals surface area contributed by atoms with Crippen LogP contribution < -0.4 is 0 Å². The number of rotatable bonds is 4. The zero-order valence-corrected chi connectivity index (χ0v) is 23.3. The molecule has 0 N–H and O–H groups in total. The van der Waals surface area contributed by atoms with Gasteiger partial charge in [-0.25, -0.2) is 0 Å². The van der Waals surface area contributed by atoms with Crippen molar-refractivity contribution in [2.24, 2.45) is 0 Å². The van der Waals surface area contributed by atoms with Crippen molar-refractivity contribution in [2.45, 2.75) is 19.3 Å². The quantitative estimate of drug-likeness (QED) is 0.223. The molecule has 0 fully saturated rings. The van der Waals surface area contributed by atoms with Crippen LogP contribution in [-0.2, 0) is 5.41 Å². The highest BCUT2D eigenvalue weighted by atomic mass is 16.1. The molecule has 1 nitrogen and oxygen atoms in total. The van der Waals surface area contributed by atoms with Crippen LogP contribution in [0.4, 0.5) is 0 Å². The van der Waals surface area contributed by atoms with Gasteiger partial charge in [0, 0.05) is 16.5 Å². The van der Waals surface area contributed by atoms with E-state index in [-0.39, 0.29) is 11.2 Å². The fourth-order valence-electron chi connectivity index (χ4n) is 6.24. The summed E-state index contributed by atoms with van der Waals surface area (Å²) in [6, 6.07) is 51.0. The van der Waals surface area contributed by atoms with Crippen LogP contribution in [-0.4, -0.2) is 5.78 Å². The summed E-state index contributed by atoms with van der Waals surface area (Å²) >= 11 is 0. The highest BCUT2D eigenvalue weighted by Gasteiger charge is 2.36. The number of fused-ring (bicyclic) bond motifs is 2. The second-order valence-electron chi connectivity index (χ2n) is 11.4. The third-order valence-electron chi connectivity index (χ3n) is 8.46. The smallest absolute Gasteiger partial charge is 0.193 e. The predicted molar refractivity (Wildman–Crippen MR) is 170 cm³/mol. The highest BCUT2D eigenvalue weighted by Crippen LogP contribution is 2.42. The van der Waals surface area contributed by atoms with Gasteiger partial charge in [-0.2, -0.15) is 0 Å². The first-order valence-electron chi connectivity index (χ1n) is 14.1. The number of hydrogen-bond acceptors (Lipinski definition) is 1. The third kappa shape index (κ3) is 4.40.